The maximum atomic E-state index is 11.7. The monoisotopic (exact) mass is 333 g/mol. The molecule has 1 saturated heterocycles. The molecule has 1 N–H and O–H groups in total. The zero-order valence-electron chi connectivity index (χ0n) is 13.9. The zero-order valence-corrected chi connectivity index (χ0v) is 13.9. The van der Waals surface area contributed by atoms with E-state index < -0.39 is 0 Å². The highest BCUT2D eigenvalue weighted by Gasteiger charge is 2.25. The zero-order chi connectivity index (χ0) is 17.2. The lowest BCUT2D eigenvalue weighted by Crippen LogP contribution is -2.41. The van der Waals surface area contributed by atoms with E-state index in [9.17, 15) is 4.79 Å². The Bertz CT molecular complexity index is 556. The molecule has 0 spiro atoms. The highest BCUT2D eigenvalue weighted by molar-refractivity contribution is 5.71. The fourth-order valence-corrected chi connectivity index (χ4v) is 2.40. The molecule has 2 rings (SSSR count). The van der Waals surface area contributed by atoms with Crippen LogP contribution in [0.1, 0.15) is 18.9 Å². The molecule has 1 aliphatic rings. The number of anilines is 1. The number of carbonyl (C=O) groups is 1. The van der Waals surface area contributed by atoms with Crippen LogP contribution in [-0.2, 0) is 19.1 Å². The van der Waals surface area contributed by atoms with Gasteiger partial charge in [-0.15, -0.1) is 0 Å². The normalized spacial score (nSPS) is 18.4. The summed E-state index contributed by atoms with van der Waals surface area (Å²) < 4.78 is 10.5. The molecule has 0 amide bonds. The number of esters is 1. The van der Waals surface area contributed by atoms with Crippen molar-refractivity contribution in [1.82, 2.24) is 5.06 Å². The lowest BCUT2D eigenvalue weighted by Gasteiger charge is -2.27. The Labute approximate surface area is 142 Å². The SMILES string of the molecule is CCOC(=O)CN1OCCOCC1CCNc1ccc(C#N)cc1. The quantitative estimate of drug-likeness (QED) is 0.758. The minimum atomic E-state index is -0.301. The molecule has 1 aromatic carbocycles. The highest BCUT2D eigenvalue weighted by Crippen LogP contribution is 2.13. The van der Waals surface area contributed by atoms with E-state index in [4.69, 9.17) is 19.6 Å². The molecule has 1 unspecified atom stereocenters. The molecule has 0 bridgehead atoms. The predicted molar refractivity (Wildman–Crippen MR) is 88.2 cm³/mol. The van der Waals surface area contributed by atoms with Gasteiger partial charge in [-0.25, -0.2) is 0 Å². The van der Waals surface area contributed by atoms with Crippen molar-refractivity contribution in [3.8, 4) is 6.07 Å². The first-order chi connectivity index (χ1) is 11.7. The molecular weight excluding hydrogens is 310 g/mol. The molecule has 0 saturated carbocycles. The highest BCUT2D eigenvalue weighted by atomic mass is 16.7. The maximum Gasteiger partial charge on any atom is 0.322 e. The van der Waals surface area contributed by atoms with Crippen molar-refractivity contribution < 1.29 is 19.1 Å². The Morgan fingerprint density at radius 1 is 1.42 bits per heavy atom. The van der Waals surface area contributed by atoms with Crippen molar-refractivity contribution >= 4 is 11.7 Å². The van der Waals surface area contributed by atoms with Crippen LogP contribution >= 0.6 is 0 Å². The lowest BCUT2D eigenvalue weighted by atomic mass is 10.2. The Balaban J connectivity index is 1.84. The molecular formula is C17H23N3O4. The second-order valence-corrected chi connectivity index (χ2v) is 5.35. The van der Waals surface area contributed by atoms with Crippen LogP contribution in [0.2, 0.25) is 0 Å². The summed E-state index contributed by atoms with van der Waals surface area (Å²) in [6.07, 6.45) is 0.749. The van der Waals surface area contributed by atoms with E-state index in [1.54, 1.807) is 24.1 Å². The van der Waals surface area contributed by atoms with Gasteiger partial charge in [-0.3, -0.25) is 9.63 Å². The summed E-state index contributed by atoms with van der Waals surface area (Å²) in [6, 6.07) is 9.35. The molecule has 130 valence electrons. The van der Waals surface area contributed by atoms with Gasteiger partial charge in [0.1, 0.15) is 6.54 Å². The van der Waals surface area contributed by atoms with E-state index >= 15 is 0 Å². The van der Waals surface area contributed by atoms with Gasteiger partial charge in [-0.2, -0.15) is 10.3 Å². The average Bonchev–Trinajstić information content (AvgIpc) is 2.81. The van der Waals surface area contributed by atoms with Gasteiger partial charge in [-0.05, 0) is 37.6 Å². The number of nitrogens with one attached hydrogen (secondary N) is 1. The minimum Gasteiger partial charge on any atom is -0.465 e. The number of ether oxygens (including phenoxy) is 2. The van der Waals surface area contributed by atoms with Gasteiger partial charge in [0.05, 0.1) is 44.1 Å². The minimum absolute atomic E-state index is 0.0252. The Kier molecular flexibility index (Phi) is 7.49. The van der Waals surface area contributed by atoms with Gasteiger partial charge >= 0.3 is 5.97 Å². The Morgan fingerprint density at radius 3 is 2.92 bits per heavy atom. The van der Waals surface area contributed by atoms with E-state index in [0.29, 0.717) is 38.5 Å². The van der Waals surface area contributed by atoms with Crippen LogP contribution in [0, 0.1) is 11.3 Å². The molecule has 0 aromatic heterocycles. The third-order valence-electron chi connectivity index (χ3n) is 3.61. The van der Waals surface area contributed by atoms with Crippen molar-refractivity contribution in [3.05, 3.63) is 29.8 Å². The largest absolute Gasteiger partial charge is 0.465 e. The summed E-state index contributed by atoms with van der Waals surface area (Å²) in [5.41, 5.74) is 1.58. The van der Waals surface area contributed by atoms with Crippen LogP contribution in [-0.4, -0.2) is 56.6 Å². The topological polar surface area (TPSA) is 83.8 Å². The number of rotatable bonds is 7. The summed E-state index contributed by atoms with van der Waals surface area (Å²) in [6.45, 7) is 4.38. The van der Waals surface area contributed by atoms with E-state index in [2.05, 4.69) is 11.4 Å². The van der Waals surface area contributed by atoms with E-state index in [-0.39, 0.29) is 18.6 Å². The summed E-state index contributed by atoms with van der Waals surface area (Å²) in [4.78, 5) is 17.3. The number of nitrogens with zero attached hydrogens (tertiary/aromatic N) is 2. The molecule has 7 heteroatoms. The second-order valence-electron chi connectivity index (χ2n) is 5.35. The van der Waals surface area contributed by atoms with Gasteiger partial charge < -0.3 is 14.8 Å². The third kappa shape index (κ3) is 5.81. The Hall–Kier alpha value is -2.14. The molecule has 1 fully saturated rings. The van der Waals surface area contributed by atoms with Crippen LogP contribution < -0.4 is 5.32 Å². The fourth-order valence-electron chi connectivity index (χ4n) is 2.40. The van der Waals surface area contributed by atoms with Gasteiger partial charge in [-0.1, -0.05) is 0 Å². The maximum absolute atomic E-state index is 11.7. The van der Waals surface area contributed by atoms with E-state index in [1.807, 2.05) is 12.1 Å². The summed E-state index contributed by atoms with van der Waals surface area (Å²) in [7, 11) is 0. The van der Waals surface area contributed by atoms with Gasteiger partial charge in [0.15, 0.2) is 0 Å². The predicted octanol–water partition coefficient (Wildman–Crippen LogP) is 1.56. The molecule has 0 radical (unpaired) electrons. The Morgan fingerprint density at radius 2 is 2.21 bits per heavy atom. The molecule has 1 aromatic rings. The van der Waals surface area contributed by atoms with Crippen LogP contribution in [0.3, 0.4) is 0 Å². The first-order valence-corrected chi connectivity index (χ1v) is 8.10. The number of carbonyl (C=O) groups excluding carboxylic acids is 1. The van der Waals surface area contributed by atoms with Crippen LogP contribution in [0.4, 0.5) is 5.69 Å². The van der Waals surface area contributed by atoms with Crippen LogP contribution in [0.15, 0.2) is 24.3 Å². The molecule has 0 aliphatic carbocycles. The standard InChI is InChI=1S/C17H23N3O4/c1-2-23-17(21)12-20-16(13-22-9-10-24-20)7-8-19-15-5-3-14(11-18)4-6-15/h3-6,16,19H,2,7-10,12-13H2,1H3. The van der Waals surface area contributed by atoms with Crippen molar-refractivity contribution in [2.75, 3.05) is 44.8 Å². The number of hydroxylamine groups is 2. The molecule has 24 heavy (non-hydrogen) atoms. The van der Waals surface area contributed by atoms with Crippen molar-refractivity contribution in [2.24, 2.45) is 0 Å². The third-order valence-corrected chi connectivity index (χ3v) is 3.61. The molecule has 1 aliphatic heterocycles. The van der Waals surface area contributed by atoms with Crippen molar-refractivity contribution in [2.45, 2.75) is 19.4 Å². The van der Waals surface area contributed by atoms with Crippen molar-refractivity contribution in [3.63, 3.8) is 0 Å². The number of hydrogen-bond acceptors (Lipinski definition) is 7. The van der Waals surface area contributed by atoms with Crippen molar-refractivity contribution in [1.29, 1.82) is 5.26 Å². The lowest BCUT2D eigenvalue weighted by molar-refractivity contribution is -0.190. The van der Waals surface area contributed by atoms with Crippen LogP contribution in [0.5, 0.6) is 0 Å². The smallest absolute Gasteiger partial charge is 0.322 e. The van der Waals surface area contributed by atoms with Gasteiger partial charge in [0.2, 0.25) is 0 Å². The second kappa shape index (κ2) is 9.88. The number of nitriles is 1. The van der Waals surface area contributed by atoms with Gasteiger partial charge in [0, 0.05) is 12.2 Å². The van der Waals surface area contributed by atoms with E-state index in [1.165, 1.54) is 0 Å². The van der Waals surface area contributed by atoms with Crippen LogP contribution in [0.25, 0.3) is 0 Å². The molecule has 1 heterocycles. The first-order valence-electron chi connectivity index (χ1n) is 8.10. The van der Waals surface area contributed by atoms with E-state index in [0.717, 1.165) is 12.1 Å². The van der Waals surface area contributed by atoms with Gasteiger partial charge in [0.25, 0.3) is 0 Å². The summed E-state index contributed by atoms with van der Waals surface area (Å²) in [5.74, 6) is -0.301. The molecule has 1 atom stereocenters. The molecule has 7 nitrogen and oxygen atoms in total. The fraction of sp³-hybridized carbons (Fsp3) is 0.529. The summed E-state index contributed by atoms with van der Waals surface area (Å²) in [5, 5.41) is 13.8. The number of hydrogen-bond donors (Lipinski definition) is 1. The number of benzene rings is 1. The average molecular weight is 333 g/mol. The first kappa shape index (κ1) is 18.2. The summed E-state index contributed by atoms with van der Waals surface area (Å²) >= 11 is 0.